The van der Waals surface area contributed by atoms with Crippen molar-refractivity contribution < 1.29 is 4.79 Å². The summed E-state index contributed by atoms with van der Waals surface area (Å²) >= 11 is 0. The minimum Gasteiger partial charge on any atom is -0.355 e. The number of aryl methyl sites for hydroxylation is 1. The van der Waals surface area contributed by atoms with Gasteiger partial charge in [-0.3, -0.25) is 4.79 Å². The Labute approximate surface area is 138 Å². The lowest BCUT2D eigenvalue weighted by Gasteiger charge is -2.37. The average molecular weight is 314 g/mol. The quantitative estimate of drug-likeness (QED) is 0.802. The molecule has 0 unspecified atom stereocenters. The van der Waals surface area contributed by atoms with Gasteiger partial charge < -0.3 is 9.80 Å². The molecule has 1 atom stereocenters. The van der Waals surface area contributed by atoms with E-state index in [1.165, 1.54) is 0 Å². The predicted octanol–water partition coefficient (Wildman–Crippen LogP) is 2.57. The molecule has 0 bridgehead atoms. The van der Waals surface area contributed by atoms with Crippen LogP contribution in [0.15, 0.2) is 24.3 Å². The second kappa shape index (κ2) is 7.11. The second-order valence-electron chi connectivity index (χ2n) is 6.73. The van der Waals surface area contributed by atoms with Crippen LogP contribution in [0.1, 0.15) is 37.8 Å². The number of amides is 1. The van der Waals surface area contributed by atoms with E-state index in [-0.39, 0.29) is 0 Å². The van der Waals surface area contributed by atoms with E-state index >= 15 is 0 Å². The topological polar surface area (TPSA) is 49.3 Å². The molecule has 3 rings (SSSR count). The lowest BCUT2D eigenvalue weighted by molar-refractivity contribution is -0.132. The zero-order chi connectivity index (χ0) is 16.2. The summed E-state index contributed by atoms with van der Waals surface area (Å²) < 4.78 is 0. The third-order valence-electron chi connectivity index (χ3n) is 5.06. The molecule has 1 fully saturated rings. The fourth-order valence-electron chi connectivity index (χ4n) is 3.49. The molecule has 5 heteroatoms. The van der Waals surface area contributed by atoms with E-state index < -0.39 is 0 Å². The number of rotatable bonds is 4. The van der Waals surface area contributed by atoms with Crippen LogP contribution in [0, 0.1) is 12.8 Å². The van der Waals surface area contributed by atoms with Gasteiger partial charge in [-0.15, -0.1) is 5.10 Å². The van der Waals surface area contributed by atoms with E-state index in [2.05, 4.69) is 34.3 Å². The van der Waals surface area contributed by atoms with E-state index in [0.717, 1.165) is 50.3 Å². The normalized spacial score (nSPS) is 21.7. The van der Waals surface area contributed by atoms with Gasteiger partial charge in [0, 0.05) is 32.6 Å². The molecule has 1 aromatic rings. The van der Waals surface area contributed by atoms with Crippen LogP contribution < -0.4 is 4.90 Å². The zero-order valence-corrected chi connectivity index (χ0v) is 14.1. The first kappa shape index (κ1) is 16.0. The Kier molecular flexibility index (Phi) is 4.94. The van der Waals surface area contributed by atoms with Gasteiger partial charge in [0.25, 0.3) is 0 Å². The monoisotopic (exact) mass is 314 g/mol. The highest BCUT2D eigenvalue weighted by molar-refractivity contribution is 5.76. The van der Waals surface area contributed by atoms with Gasteiger partial charge in [-0.2, -0.15) is 5.10 Å². The average Bonchev–Trinajstić information content (AvgIpc) is 3.08. The Morgan fingerprint density at radius 2 is 2.04 bits per heavy atom. The number of allylic oxidation sites excluding steroid dienone is 2. The molecule has 124 valence electrons. The van der Waals surface area contributed by atoms with E-state index in [1.807, 2.05) is 24.0 Å². The maximum atomic E-state index is 12.4. The molecule has 1 aromatic heterocycles. The van der Waals surface area contributed by atoms with Crippen LogP contribution in [0.5, 0.6) is 0 Å². The van der Waals surface area contributed by atoms with E-state index in [1.54, 1.807) is 0 Å². The van der Waals surface area contributed by atoms with Gasteiger partial charge in [-0.1, -0.05) is 12.2 Å². The largest absolute Gasteiger partial charge is 0.355 e. The molecule has 0 saturated carbocycles. The number of anilines is 1. The van der Waals surface area contributed by atoms with Crippen LogP contribution in [0.25, 0.3) is 0 Å². The molecule has 0 radical (unpaired) electrons. The second-order valence-corrected chi connectivity index (χ2v) is 6.73. The van der Waals surface area contributed by atoms with Crippen LogP contribution >= 0.6 is 0 Å². The number of likely N-dealkylation sites (tertiary alicyclic amines) is 1. The molecule has 1 amide bonds. The first-order valence-corrected chi connectivity index (χ1v) is 8.61. The smallest absolute Gasteiger partial charge is 0.223 e. The number of carbonyl (C=O) groups is 1. The minimum absolute atomic E-state index is 0.317. The third kappa shape index (κ3) is 3.89. The summed E-state index contributed by atoms with van der Waals surface area (Å²) in [6.07, 6.45) is 9.34. The number of nitrogens with zero attached hydrogens (tertiary/aromatic N) is 4. The summed E-state index contributed by atoms with van der Waals surface area (Å²) in [6, 6.07) is 4.45. The Morgan fingerprint density at radius 1 is 1.26 bits per heavy atom. The van der Waals surface area contributed by atoms with Crippen molar-refractivity contribution in [2.24, 2.45) is 5.92 Å². The Bertz CT molecular complexity index is 561. The van der Waals surface area contributed by atoms with Crippen molar-refractivity contribution in [2.75, 3.05) is 25.0 Å². The summed E-state index contributed by atoms with van der Waals surface area (Å²) in [5.41, 5.74) is 0.934. The van der Waals surface area contributed by atoms with Gasteiger partial charge in [0.15, 0.2) is 5.82 Å². The van der Waals surface area contributed by atoms with Crippen molar-refractivity contribution in [3.63, 3.8) is 0 Å². The third-order valence-corrected chi connectivity index (χ3v) is 5.06. The first-order valence-electron chi connectivity index (χ1n) is 8.61. The van der Waals surface area contributed by atoms with Gasteiger partial charge in [0.2, 0.25) is 5.91 Å². The van der Waals surface area contributed by atoms with Gasteiger partial charge >= 0.3 is 0 Å². The lowest BCUT2D eigenvalue weighted by atomic mass is 10.0. The number of aromatic nitrogens is 2. The van der Waals surface area contributed by atoms with Crippen LogP contribution in [0.4, 0.5) is 5.82 Å². The highest BCUT2D eigenvalue weighted by atomic mass is 16.2. The molecular weight excluding hydrogens is 288 g/mol. The summed E-state index contributed by atoms with van der Waals surface area (Å²) in [5.74, 6) is 1.69. The van der Waals surface area contributed by atoms with Crippen molar-refractivity contribution in [1.82, 2.24) is 15.1 Å². The summed E-state index contributed by atoms with van der Waals surface area (Å²) in [7, 11) is 2.07. The SMILES string of the molecule is Cc1ccc(N(C)C2CCN(C(=O)C[C@@H]3C=CCC3)CC2)nn1. The highest BCUT2D eigenvalue weighted by Crippen LogP contribution is 2.24. The molecule has 0 N–H and O–H groups in total. The molecule has 1 aliphatic heterocycles. The predicted molar refractivity (Wildman–Crippen MR) is 91.3 cm³/mol. The molecule has 0 spiro atoms. The number of piperidine rings is 1. The van der Waals surface area contributed by atoms with Crippen molar-refractivity contribution in [3.8, 4) is 0 Å². The van der Waals surface area contributed by atoms with Gasteiger partial charge in [-0.05, 0) is 50.7 Å². The lowest BCUT2D eigenvalue weighted by Crippen LogP contribution is -2.46. The molecule has 2 aliphatic rings. The number of hydrogen-bond donors (Lipinski definition) is 0. The van der Waals surface area contributed by atoms with Crippen molar-refractivity contribution in [1.29, 1.82) is 0 Å². The molecular formula is C18H26N4O. The van der Waals surface area contributed by atoms with Crippen LogP contribution in [-0.2, 0) is 4.79 Å². The molecule has 23 heavy (non-hydrogen) atoms. The summed E-state index contributed by atoms with van der Waals surface area (Å²) in [5, 5.41) is 8.40. The molecule has 5 nitrogen and oxygen atoms in total. The fourth-order valence-corrected chi connectivity index (χ4v) is 3.49. The van der Waals surface area contributed by atoms with Crippen LogP contribution in [-0.4, -0.2) is 47.2 Å². The van der Waals surface area contributed by atoms with Gasteiger partial charge in [0.1, 0.15) is 0 Å². The summed E-state index contributed by atoms with van der Waals surface area (Å²) in [4.78, 5) is 16.6. The zero-order valence-electron chi connectivity index (χ0n) is 14.1. The van der Waals surface area contributed by atoms with Gasteiger partial charge in [0.05, 0.1) is 5.69 Å². The van der Waals surface area contributed by atoms with E-state index in [9.17, 15) is 4.79 Å². The van der Waals surface area contributed by atoms with Crippen LogP contribution in [0.3, 0.4) is 0 Å². The maximum absolute atomic E-state index is 12.4. The number of carbonyl (C=O) groups excluding carboxylic acids is 1. The fraction of sp³-hybridized carbons (Fsp3) is 0.611. The molecule has 2 heterocycles. The van der Waals surface area contributed by atoms with E-state index in [0.29, 0.717) is 24.3 Å². The minimum atomic E-state index is 0.317. The maximum Gasteiger partial charge on any atom is 0.223 e. The van der Waals surface area contributed by atoms with Crippen molar-refractivity contribution >= 4 is 11.7 Å². The van der Waals surface area contributed by atoms with Crippen molar-refractivity contribution in [2.45, 2.75) is 45.1 Å². The Morgan fingerprint density at radius 3 is 2.65 bits per heavy atom. The molecule has 1 aliphatic carbocycles. The molecule has 0 aromatic carbocycles. The standard InChI is InChI=1S/C18H26N4O/c1-14-7-8-17(20-19-14)21(2)16-9-11-22(12-10-16)18(23)13-15-5-3-4-6-15/h3,5,7-8,15-16H,4,6,9-13H2,1-2H3/t15-/m1/s1. The van der Waals surface area contributed by atoms with Gasteiger partial charge in [-0.25, -0.2) is 0 Å². The highest BCUT2D eigenvalue weighted by Gasteiger charge is 2.27. The van der Waals surface area contributed by atoms with E-state index in [4.69, 9.17) is 0 Å². The summed E-state index contributed by atoms with van der Waals surface area (Å²) in [6.45, 7) is 3.65. The Hall–Kier alpha value is -1.91. The Balaban J connectivity index is 1.50. The van der Waals surface area contributed by atoms with Crippen LogP contribution in [0.2, 0.25) is 0 Å². The molecule has 1 saturated heterocycles. The van der Waals surface area contributed by atoms with Crippen molar-refractivity contribution in [3.05, 3.63) is 30.0 Å². The number of hydrogen-bond acceptors (Lipinski definition) is 4. The first-order chi connectivity index (χ1) is 11.1.